The first kappa shape index (κ1) is 9.21. The number of aromatic nitrogens is 1. The minimum absolute atomic E-state index is 0.0596. The molecule has 0 aliphatic heterocycles. The topological polar surface area (TPSA) is 65.4 Å². The molecule has 0 fully saturated rings. The number of aromatic amines is 1. The van der Waals surface area contributed by atoms with Gasteiger partial charge in [-0.25, -0.2) is 0 Å². The van der Waals surface area contributed by atoms with Gasteiger partial charge in [-0.2, -0.15) is 0 Å². The van der Waals surface area contributed by atoms with Gasteiger partial charge in [0.05, 0.1) is 5.52 Å². The van der Waals surface area contributed by atoms with Gasteiger partial charge in [-0.3, -0.25) is 0 Å². The van der Waals surface area contributed by atoms with Crippen LogP contribution in [0.1, 0.15) is 5.56 Å². The molecule has 0 amide bonds. The van der Waals surface area contributed by atoms with Crippen molar-refractivity contribution >= 4 is 32.5 Å². The summed E-state index contributed by atoms with van der Waals surface area (Å²) in [5.74, 6) is -0.184. The highest BCUT2D eigenvalue weighted by molar-refractivity contribution is 9.10. The predicted molar refractivity (Wildman–Crippen MR) is 57.9 cm³/mol. The van der Waals surface area contributed by atoms with Crippen LogP contribution in [-0.4, -0.2) is 10.1 Å². The molecule has 0 aliphatic rings. The van der Waals surface area contributed by atoms with Crippen LogP contribution in [-0.2, 0) is 0 Å². The fraction of sp³-hybridized carbons (Fsp3) is 0.111. The Morgan fingerprint density at radius 1 is 1.50 bits per heavy atom. The largest absolute Gasteiger partial charge is 0.493 e. The Labute approximate surface area is 88.0 Å². The molecule has 0 spiro atoms. The SMILES string of the molecule is Cc1cc(Br)cc2c(N=O)c(O)[nH]c12. The first-order valence-electron chi connectivity index (χ1n) is 3.97. The number of halogens is 1. The average molecular weight is 255 g/mol. The second-order valence-electron chi connectivity index (χ2n) is 3.06. The van der Waals surface area contributed by atoms with Gasteiger partial charge in [0.25, 0.3) is 0 Å². The van der Waals surface area contributed by atoms with Crippen LogP contribution in [0, 0.1) is 11.8 Å². The van der Waals surface area contributed by atoms with E-state index in [2.05, 4.69) is 26.1 Å². The Morgan fingerprint density at radius 3 is 2.86 bits per heavy atom. The molecule has 2 N–H and O–H groups in total. The van der Waals surface area contributed by atoms with Crippen molar-refractivity contribution in [3.8, 4) is 5.88 Å². The zero-order valence-corrected chi connectivity index (χ0v) is 8.92. The van der Waals surface area contributed by atoms with Crippen molar-refractivity contribution < 1.29 is 5.11 Å². The Hall–Kier alpha value is -1.36. The number of benzene rings is 1. The molecule has 0 aliphatic carbocycles. The Balaban J connectivity index is 2.94. The lowest BCUT2D eigenvalue weighted by Gasteiger charge is -1.96. The summed E-state index contributed by atoms with van der Waals surface area (Å²) in [7, 11) is 0. The number of nitroso groups, excluding NO2 is 1. The van der Waals surface area contributed by atoms with Gasteiger partial charge in [0.1, 0.15) is 0 Å². The molecular formula is C9H7BrN2O2. The molecule has 0 saturated heterocycles. The van der Waals surface area contributed by atoms with Gasteiger partial charge in [-0.1, -0.05) is 15.9 Å². The molecule has 0 saturated carbocycles. The predicted octanol–water partition coefficient (Wildman–Crippen LogP) is 3.34. The van der Waals surface area contributed by atoms with Gasteiger partial charge in [-0.15, -0.1) is 4.91 Å². The summed E-state index contributed by atoms with van der Waals surface area (Å²) >= 11 is 3.32. The molecule has 2 rings (SSSR count). The van der Waals surface area contributed by atoms with Crippen molar-refractivity contribution in [3.05, 3.63) is 27.1 Å². The fourth-order valence-electron chi connectivity index (χ4n) is 1.49. The van der Waals surface area contributed by atoms with Crippen molar-refractivity contribution in [1.82, 2.24) is 4.98 Å². The molecule has 5 heteroatoms. The van der Waals surface area contributed by atoms with E-state index in [-0.39, 0.29) is 11.6 Å². The van der Waals surface area contributed by atoms with Crippen LogP contribution in [0.4, 0.5) is 5.69 Å². The highest BCUT2D eigenvalue weighted by Gasteiger charge is 2.13. The Bertz CT molecular complexity index is 519. The first-order chi connectivity index (χ1) is 6.63. The number of nitrogens with zero attached hydrogens (tertiary/aromatic N) is 1. The molecule has 72 valence electrons. The maximum atomic E-state index is 10.5. The molecule has 14 heavy (non-hydrogen) atoms. The van der Waals surface area contributed by atoms with Crippen LogP contribution < -0.4 is 0 Å². The summed E-state index contributed by atoms with van der Waals surface area (Å²) in [5.41, 5.74) is 1.74. The minimum Gasteiger partial charge on any atom is -0.493 e. The molecule has 1 aromatic carbocycles. The van der Waals surface area contributed by atoms with Crippen LogP contribution in [0.25, 0.3) is 10.9 Å². The van der Waals surface area contributed by atoms with Gasteiger partial charge < -0.3 is 10.1 Å². The van der Waals surface area contributed by atoms with Crippen LogP contribution in [0.5, 0.6) is 5.88 Å². The first-order valence-corrected chi connectivity index (χ1v) is 4.77. The fourth-order valence-corrected chi connectivity index (χ4v) is 2.07. The summed E-state index contributed by atoms with van der Waals surface area (Å²) in [6, 6.07) is 3.64. The number of rotatable bonds is 1. The summed E-state index contributed by atoms with van der Waals surface area (Å²) in [6.45, 7) is 1.89. The molecule has 1 heterocycles. The van der Waals surface area contributed by atoms with E-state index in [1.165, 1.54) is 0 Å². The normalized spacial score (nSPS) is 10.7. The van der Waals surface area contributed by atoms with Gasteiger partial charge in [0.15, 0.2) is 5.69 Å². The van der Waals surface area contributed by atoms with E-state index in [1.54, 1.807) is 6.07 Å². The molecule has 0 radical (unpaired) electrons. The number of aromatic hydroxyl groups is 1. The number of nitrogens with one attached hydrogen (secondary N) is 1. The number of H-pyrrole nitrogens is 1. The summed E-state index contributed by atoms with van der Waals surface area (Å²) in [5, 5.41) is 12.8. The molecule has 0 atom stereocenters. The maximum Gasteiger partial charge on any atom is 0.219 e. The molecule has 2 aromatic rings. The van der Waals surface area contributed by atoms with Crippen LogP contribution in [0.3, 0.4) is 0 Å². The van der Waals surface area contributed by atoms with Gasteiger partial charge in [0, 0.05) is 9.86 Å². The van der Waals surface area contributed by atoms with E-state index in [0.29, 0.717) is 5.39 Å². The van der Waals surface area contributed by atoms with E-state index in [1.807, 2.05) is 13.0 Å². The van der Waals surface area contributed by atoms with Gasteiger partial charge in [0.2, 0.25) is 5.88 Å². The summed E-state index contributed by atoms with van der Waals surface area (Å²) in [4.78, 5) is 13.2. The second-order valence-corrected chi connectivity index (χ2v) is 3.97. The van der Waals surface area contributed by atoms with Crippen molar-refractivity contribution in [2.24, 2.45) is 5.18 Å². The van der Waals surface area contributed by atoms with Crippen molar-refractivity contribution in [3.63, 3.8) is 0 Å². The highest BCUT2D eigenvalue weighted by atomic mass is 79.9. The standard InChI is InChI=1S/C9H7BrN2O2/c1-4-2-5(10)3-6-7(4)11-9(13)8(6)12-14/h2-3,11,13H,1H3. The van der Waals surface area contributed by atoms with Crippen LogP contribution in [0.2, 0.25) is 0 Å². The third-order valence-electron chi connectivity index (χ3n) is 2.11. The molecule has 1 aromatic heterocycles. The molecule has 0 bridgehead atoms. The van der Waals surface area contributed by atoms with Crippen LogP contribution in [0.15, 0.2) is 21.8 Å². The maximum absolute atomic E-state index is 10.5. The second kappa shape index (κ2) is 3.09. The lowest BCUT2D eigenvalue weighted by Crippen LogP contribution is -1.76. The zero-order chi connectivity index (χ0) is 10.3. The highest BCUT2D eigenvalue weighted by Crippen LogP contribution is 2.37. The third kappa shape index (κ3) is 1.21. The smallest absolute Gasteiger partial charge is 0.219 e. The monoisotopic (exact) mass is 254 g/mol. The summed E-state index contributed by atoms with van der Waals surface area (Å²) in [6.07, 6.45) is 0. The number of fused-ring (bicyclic) bond motifs is 1. The van der Waals surface area contributed by atoms with E-state index in [0.717, 1.165) is 15.6 Å². The Kier molecular flexibility index (Phi) is 2.03. The molecule has 0 unspecified atom stereocenters. The molecular weight excluding hydrogens is 248 g/mol. The lowest BCUT2D eigenvalue weighted by molar-refractivity contribution is 0.460. The van der Waals surface area contributed by atoms with E-state index in [4.69, 9.17) is 0 Å². The van der Waals surface area contributed by atoms with Crippen LogP contribution >= 0.6 is 15.9 Å². The van der Waals surface area contributed by atoms with E-state index in [9.17, 15) is 10.0 Å². The summed E-state index contributed by atoms with van der Waals surface area (Å²) < 4.78 is 0.853. The quantitative estimate of drug-likeness (QED) is 0.767. The van der Waals surface area contributed by atoms with E-state index >= 15 is 0 Å². The van der Waals surface area contributed by atoms with Gasteiger partial charge in [-0.05, 0) is 29.8 Å². The van der Waals surface area contributed by atoms with Crippen molar-refractivity contribution in [1.29, 1.82) is 0 Å². The Morgan fingerprint density at radius 2 is 2.21 bits per heavy atom. The minimum atomic E-state index is -0.184. The lowest BCUT2D eigenvalue weighted by atomic mass is 10.1. The number of hydrogen-bond acceptors (Lipinski definition) is 3. The van der Waals surface area contributed by atoms with E-state index < -0.39 is 0 Å². The molecule has 4 nitrogen and oxygen atoms in total. The van der Waals surface area contributed by atoms with Gasteiger partial charge >= 0.3 is 0 Å². The third-order valence-corrected chi connectivity index (χ3v) is 2.57. The average Bonchev–Trinajstić information content (AvgIpc) is 2.41. The number of aryl methyl sites for hydroxylation is 1. The number of hydrogen-bond donors (Lipinski definition) is 2. The zero-order valence-electron chi connectivity index (χ0n) is 7.34. The van der Waals surface area contributed by atoms with Crippen molar-refractivity contribution in [2.45, 2.75) is 6.92 Å². The van der Waals surface area contributed by atoms with Crippen molar-refractivity contribution in [2.75, 3.05) is 0 Å².